The van der Waals surface area contributed by atoms with Crippen LogP contribution in [-0.4, -0.2) is 25.3 Å². The standard InChI is InChI=1S/C13H27NO/c1-4-5-6-12-9-13(10-14-12)15-8-7-11(2)3/h11-14H,4-10H2,1-3H3/t12-,13+/m0/s1. The maximum atomic E-state index is 5.86. The summed E-state index contributed by atoms with van der Waals surface area (Å²) in [7, 11) is 0. The summed E-state index contributed by atoms with van der Waals surface area (Å²) in [4.78, 5) is 0. The van der Waals surface area contributed by atoms with Gasteiger partial charge >= 0.3 is 0 Å². The minimum atomic E-state index is 0.477. The zero-order chi connectivity index (χ0) is 11.1. The van der Waals surface area contributed by atoms with Gasteiger partial charge in [-0.3, -0.25) is 0 Å². The first-order chi connectivity index (χ1) is 7.22. The number of ether oxygens (including phenoxy) is 1. The minimum absolute atomic E-state index is 0.477. The van der Waals surface area contributed by atoms with Gasteiger partial charge in [-0.25, -0.2) is 0 Å². The van der Waals surface area contributed by atoms with Gasteiger partial charge in [-0.1, -0.05) is 33.6 Å². The fraction of sp³-hybridized carbons (Fsp3) is 1.00. The topological polar surface area (TPSA) is 21.3 Å². The Labute approximate surface area is 94.8 Å². The van der Waals surface area contributed by atoms with Crippen LogP contribution >= 0.6 is 0 Å². The van der Waals surface area contributed by atoms with Crippen LogP contribution in [0.4, 0.5) is 0 Å². The van der Waals surface area contributed by atoms with E-state index in [-0.39, 0.29) is 0 Å². The van der Waals surface area contributed by atoms with Crippen LogP contribution in [-0.2, 0) is 4.74 Å². The Morgan fingerprint density at radius 1 is 1.40 bits per heavy atom. The van der Waals surface area contributed by atoms with Crippen LogP contribution in [0.1, 0.15) is 52.9 Å². The average Bonchev–Trinajstić information content (AvgIpc) is 2.62. The summed E-state index contributed by atoms with van der Waals surface area (Å²) in [5.74, 6) is 0.759. The molecule has 2 atom stereocenters. The molecule has 0 amide bonds. The summed E-state index contributed by atoms with van der Waals surface area (Å²) in [6, 6.07) is 0.717. The predicted octanol–water partition coefficient (Wildman–Crippen LogP) is 2.97. The summed E-state index contributed by atoms with van der Waals surface area (Å²) >= 11 is 0. The van der Waals surface area contributed by atoms with E-state index in [1.165, 1.54) is 32.1 Å². The first-order valence-electron chi connectivity index (χ1n) is 6.57. The second-order valence-electron chi connectivity index (χ2n) is 5.16. The smallest absolute Gasteiger partial charge is 0.0714 e. The molecular formula is C13H27NO. The molecule has 1 N–H and O–H groups in total. The summed E-state index contributed by atoms with van der Waals surface area (Å²) in [6.45, 7) is 8.75. The number of hydrogen-bond donors (Lipinski definition) is 1. The van der Waals surface area contributed by atoms with Crippen molar-refractivity contribution in [1.82, 2.24) is 5.32 Å². The Kier molecular flexibility index (Phi) is 6.26. The van der Waals surface area contributed by atoms with Crippen molar-refractivity contribution in [3.05, 3.63) is 0 Å². The van der Waals surface area contributed by atoms with E-state index in [0.717, 1.165) is 19.1 Å². The van der Waals surface area contributed by atoms with Crippen molar-refractivity contribution >= 4 is 0 Å². The van der Waals surface area contributed by atoms with Crippen LogP contribution < -0.4 is 5.32 Å². The van der Waals surface area contributed by atoms with Gasteiger partial charge in [0.1, 0.15) is 0 Å². The lowest BCUT2D eigenvalue weighted by Gasteiger charge is -2.12. The molecule has 1 fully saturated rings. The van der Waals surface area contributed by atoms with Crippen LogP contribution in [0.2, 0.25) is 0 Å². The molecule has 0 bridgehead atoms. The molecule has 0 unspecified atom stereocenters. The highest BCUT2D eigenvalue weighted by molar-refractivity contribution is 4.82. The third-order valence-electron chi connectivity index (χ3n) is 3.14. The van der Waals surface area contributed by atoms with E-state index < -0.39 is 0 Å². The van der Waals surface area contributed by atoms with Gasteiger partial charge in [-0.2, -0.15) is 0 Å². The van der Waals surface area contributed by atoms with Crippen LogP contribution in [0.25, 0.3) is 0 Å². The number of unbranched alkanes of at least 4 members (excludes halogenated alkanes) is 1. The van der Waals surface area contributed by atoms with Crippen LogP contribution in [0, 0.1) is 5.92 Å². The van der Waals surface area contributed by atoms with Crippen molar-refractivity contribution < 1.29 is 4.74 Å². The molecule has 0 aliphatic carbocycles. The van der Waals surface area contributed by atoms with Crippen molar-refractivity contribution in [2.75, 3.05) is 13.2 Å². The maximum absolute atomic E-state index is 5.86. The average molecular weight is 213 g/mol. The molecule has 0 aromatic rings. The fourth-order valence-corrected chi connectivity index (χ4v) is 2.05. The lowest BCUT2D eigenvalue weighted by Crippen LogP contribution is -2.21. The Morgan fingerprint density at radius 2 is 2.20 bits per heavy atom. The molecule has 15 heavy (non-hydrogen) atoms. The van der Waals surface area contributed by atoms with E-state index in [1.807, 2.05) is 0 Å². The van der Waals surface area contributed by atoms with E-state index in [4.69, 9.17) is 4.74 Å². The zero-order valence-electron chi connectivity index (χ0n) is 10.6. The Balaban J connectivity index is 2.03. The van der Waals surface area contributed by atoms with E-state index in [0.29, 0.717) is 12.1 Å². The van der Waals surface area contributed by atoms with Gasteiger partial charge in [-0.15, -0.1) is 0 Å². The highest BCUT2D eigenvalue weighted by Crippen LogP contribution is 2.16. The third kappa shape index (κ3) is 5.53. The summed E-state index contributed by atoms with van der Waals surface area (Å²) < 4.78 is 5.86. The normalized spacial score (nSPS) is 26.4. The van der Waals surface area contributed by atoms with Crippen LogP contribution in [0.5, 0.6) is 0 Å². The molecule has 0 aromatic carbocycles. The second-order valence-corrected chi connectivity index (χ2v) is 5.16. The summed E-state index contributed by atoms with van der Waals surface area (Å²) in [6.07, 6.45) is 6.85. The Bertz CT molecular complexity index is 159. The van der Waals surface area contributed by atoms with Gasteiger partial charge in [0.2, 0.25) is 0 Å². The maximum Gasteiger partial charge on any atom is 0.0714 e. The highest BCUT2D eigenvalue weighted by Gasteiger charge is 2.23. The molecule has 0 radical (unpaired) electrons. The second kappa shape index (κ2) is 7.24. The molecule has 2 heteroatoms. The number of nitrogens with one attached hydrogen (secondary N) is 1. The van der Waals surface area contributed by atoms with Gasteiger partial charge in [-0.05, 0) is 25.2 Å². The van der Waals surface area contributed by atoms with Crippen molar-refractivity contribution in [3.8, 4) is 0 Å². The van der Waals surface area contributed by atoms with Gasteiger partial charge in [0.15, 0.2) is 0 Å². The van der Waals surface area contributed by atoms with Gasteiger partial charge in [0, 0.05) is 19.2 Å². The van der Waals surface area contributed by atoms with Crippen LogP contribution in [0.3, 0.4) is 0 Å². The van der Waals surface area contributed by atoms with Gasteiger partial charge in [0.25, 0.3) is 0 Å². The van der Waals surface area contributed by atoms with Crippen molar-refractivity contribution in [2.24, 2.45) is 5.92 Å². The third-order valence-corrected chi connectivity index (χ3v) is 3.14. The molecule has 0 saturated carbocycles. The van der Waals surface area contributed by atoms with E-state index in [2.05, 4.69) is 26.1 Å². The monoisotopic (exact) mass is 213 g/mol. The van der Waals surface area contributed by atoms with E-state index >= 15 is 0 Å². The molecule has 0 spiro atoms. The molecule has 0 aromatic heterocycles. The molecule has 1 saturated heterocycles. The van der Waals surface area contributed by atoms with Gasteiger partial charge in [0.05, 0.1) is 6.10 Å². The molecule has 1 heterocycles. The van der Waals surface area contributed by atoms with Crippen molar-refractivity contribution in [2.45, 2.75) is 65.0 Å². The predicted molar refractivity (Wildman–Crippen MR) is 65.1 cm³/mol. The van der Waals surface area contributed by atoms with Crippen LogP contribution in [0.15, 0.2) is 0 Å². The lowest BCUT2D eigenvalue weighted by atomic mass is 10.1. The molecule has 1 rings (SSSR count). The summed E-state index contributed by atoms with van der Waals surface area (Å²) in [5, 5.41) is 3.55. The quantitative estimate of drug-likeness (QED) is 0.702. The molecular weight excluding hydrogens is 186 g/mol. The van der Waals surface area contributed by atoms with E-state index in [1.54, 1.807) is 0 Å². The first-order valence-corrected chi connectivity index (χ1v) is 6.57. The van der Waals surface area contributed by atoms with Crippen molar-refractivity contribution in [3.63, 3.8) is 0 Å². The highest BCUT2D eigenvalue weighted by atomic mass is 16.5. The SMILES string of the molecule is CCCC[C@H]1C[C@@H](OCCC(C)C)CN1. The van der Waals surface area contributed by atoms with E-state index in [9.17, 15) is 0 Å². The minimum Gasteiger partial charge on any atom is -0.377 e. The molecule has 1 aliphatic rings. The van der Waals surface area contributed by atoms with Crippen molar-refractivity contribution in [1.29, 1.82) is 0 Å². The molecule has 90 valence electrons. The van der Waals surface area contributed by atoms with Gasteiger partial charge < -0.3 is 10.1 Å². The summed E-state index contributed by atoms with van der Waals surface area (Å²) in [5.41, 5.74) is 0. The molecule has 1 aliphatic heterocycles. The fourth-order valence-electron chi connectivity index (χ4n) is 2.05. The first kappa shape index (κ1) is 13.0. The number of hydrogen-bond acceptors (Lipinski definition) is 2. The number of rotatable bonds is 7. The lowest BCUT2D eigenvalue weighted by molar-refractivity contribution is 0.0580. The molecule has 2 nitrogen and oxygen atoms in total. The Hall–Kier alpha value is -0.0800. The zero-order valence-corrected chi connectivity index (χ0v) is 10.6. The largest absolute Gasteiger partial charge is 0.377 e. The Morgan fingerprint density at radius 3 is 2.87 bits per heavy atom.